The predicted octanol–water partition coefficient (Wildman–Crippen LogP) is 0.720. The van der Waals surface area contributed by atoms with Crippen molar-refractivity contribution in [3.63, 3.8) is 0 Å². The van der Waals surface area contributed by atoms with E-state index in [0.29, 0.717) is 19.5 Å². The summed E-state index contributed by atoms with van der Waals surface area (Å²) in [4.78, 5) is 4.03. The average Bonchev–Trinajstić information content (AvgIpc) is 2.35. The van der Waals surface area contributed by atoms with Gasteiger partial charge in [-0.25, -0.2) is 13.4 Å². The summed E-state index contributed by atoms with van der Waals surface area (Å²) >= 11 is 0. The number of nitrogens with zero attached hydrogens (tertiary/aromatic N) is 2. The number of pyridine rings is 1. The zero-order valence-corrected chi connectivity index (χ0v) is 12.9. The van der Waals surface area contributed by atoms with Gasteiger partial charge >= 0.3 is 0 Å². The number of hydrogen-bond donors (Lipinski definition) is 2. The number of piperidine rings is 1. The van der Waals surface area contributed by atoms with E-state index in [1.807, 2.05) is 13.8 Å². The molecule has 1 aromatic heterocycles. The van der Waals surface area contributed by atoms with Gasteiger partial charge in [0.2, 0.25) is 10.0 Å². The number of aryl methyl sites for hydroxylation is 1. The molecule has 1 unspecified atom stereocenters. The molecule has 2 rings (SSSR count). The summed E-state index contributed by atoms with van der Waals surface area (Å²) in [6.07, 6.45) is 2.20. The Kier molecular flexibility index (Phi) is 3.79. The Bertz CT molecular complexity index is 613. The number of anilines is 1. The van der Waals surface area contributed by atoms with E-state index in [2.05, 4.69) is 4.98 Å². The molecule has 1 atom stereocenters. The number of sulfonamides is 1. The first-order valence-corrected chi connectivity index (χ1v) is 8.06. The average molecular weight is 298 g/mol. The first-order valence-electron chi connectivity index (χ1n) is 6.62. The highest BCUT2D eigenvalue weighted by molar-refractivity contribution is 7.89. The van der Waals surface area contributed by atoms with Gasteiger partial charge in [0.25, 0.3) is 0 Å². The molecule has 0 amide bonds. The molecule has 1 aromatic rings. The van der Waals surface area contributed by atoms with Crippen molar-refractivity contribution < 1.29 is 8.42 Å². The Morgan fingerprint density at radius 2 is 2.10 bits per heavy atom. The molecule has 0 saturated carbocycles. The first kappa shape index (κ1) is 15.2. The van der Waals surface area contributed by atoms with E-state index in [0.717, 1.165) is 5.56 Å². The van der Waals surface area contributed by atoms with Crippen LogP contribution in [0.4, 0.5) is 5.82 Å². The summed E-state index contributed by atoms with van der Waals surface area (Å²) in [7, 11) is -3.62. The molecule has 0 aromatic carbocycles. The summed E-state index contributed by atoms with van der Waals surface area (Å²) < 4.78 is 26.9. The second-order valence-electron chi connectivity index (χ2n) is 6.12. The topological polar surface area (TPSA) is 102 Å². The SMILES string of the molecule is Cc1cnc(N)c(S(=O)(=O)N2CCC(N)C(C)(C)C2)c1. The summed E-state index contributed by atoms with van der Waals surface area (Å²) in [5.74, 6) is 0.0447. The molecule has 0 aliphatic carbocycles. The maximum Gasteiger partial charge on any atom is 0.246 e. The van der Waals surface area contributed by atoms with Crippen LogP contribution in [0.15, 0.2) is 17.2 Å². The molecular weight excluding hydrogens is 276 g/mol. The van der Waals surface area contributed by atoms with Crippen molar-refractivity contribution in [2.24, 2.45) is 11.1 Å². The van der Waals surface area contributed by atoms with E-state index >= 15 is 0 Å². The van der Waals surface area contributed by atoms with Crippen LogP contribution >= 0.6 is 0 Å². The van der Waals surface area contributed by atoms with Crippen LogP contribution in [0.5, 0.6) is 0 Å². The number of nitrogens with two attached hydrogens (primary N) is 2. The molecular formula is C13H22N4O2S. The van der Waals surface area contributed by atoms with Crippen LogP contribution in [-0.2, 0) is 10.0 Å². The molecule has 7 heteroatoms. The Balaban J connectivity index is 2.38. The van der Waals surface area contributed by atoms with Crippen LogP contribution in [0.25, 0.3) is 0 Å². The van der Waals surface area contributed by atoms with E-state index in [4.69, 9.17) is 11.5 Å². The second-order valence-corrected chi connectivity index (χ2v) is 8.02. The van der Waals surface area contributed by atoms with Gasteiger partial charge in [0.1, 0.15) is 10.7 Å². The first-order chi connectivity index (χ1) is 9.14. The molecule has 1 aliphatic rings. The number of rotatable bonds is 2. The number of hydrogen-bond acceptors (Lipinski definition) is 5. The third kappa shape index (κ3) is 2.65. The van der Waals surface area contributed by atoms with Gasteiger partial charge in [0, 0.05) is 25.3 Å². The molecule has 0 radical (unpaired) electrons. The van der Waals surface area contributed by atoms with E-state index < -0.39 is 10.0 Å². The van der Waals surface area contributed by atoms with Crippen molar-refractivity contribution in [3.8, 4) is 0 Å². The zero-order chi connectivity index (χ0) is 15.1. The smallest absolute Gasteiger partial charge is 0.246 e. The molecule has 1 fully saturated rings. The van der Waals surface area contributed by atoms with Gasteiger partial charge in [0.15, 0.2) is 0 Å². The number of aromatic nitrogens is 1. The molecule has 6 nitrogen and oxygen atoms in total. The van der Waals surface area contributed by atoms with Gasteiger partial charge in [0.05, 0.1) is 0 Å². The van der Waals surface area contributed by atoms with Gasteiger partial charge in [-0.15, -0.1) is 0 Å². The minimum Gasteiger partial charge on any atom is -0.383 e. The lowest BCUT2D eigenvalue weighted by Gasteiger charge is -2.41. The van der Waals surface area contributed by atoms with Crippen LogP contribution in [-0.4, -0.2) is 36.8 Å². The molecule has 0 spiro atoms. The lowest BCUT2D eigenvalue weighted by Crippen LogP contribution is -2.53. The third-order valence-corrected chi connectivity index (χ3v) is 5.79. The van der Waals surface area contributed by atoms with Crippen molar-refractivity contribution >= 4 is 15.8 Å². The Hall–Kier alpha value is -1.18. The van der Waals surface area contributed by atoms with Crippen molar-refractivity contribution in [2.75, 3.05) is 18.8 Å². The van der Waals surface area contributed by atoms with E-state index in [1.165, 1.54) is 4.31 Å². The molecule has 1 aliphatic heterocycles. The van der Waals surface area contributed by atoms with E-state index in [9.17, 15) is 8.42 Å². The van der Waals surface area contributed by atoms with Crippen molar-refractivity contribution in [3.05, 3.63) is 17.8 Å². The van der Waals surface area contributed by atoms with E-state index in [-0.39, 0.29) is 22.2 Å². The highest BCUT2D eigenvalue weighted by Crippen LogP contribution is 2.32. The minimum atomic E-state index is -3.62. The molecule has 20 heavy (non-hydrogen) atoms. The summed E-state index contributed by atoms with van der Waals surface area (Å²) in [6, 6.07) is 1.57. The lowest BCUT2D eigenvalue weighted by atomic mass is 9.81. The van der Waals surface area contributed by atoms with Crippen molar-refractivity contribution in [2.45, 2.75) is 38.1 Å². The van der Waals surface area contributed by atoms with Gasteiger partial charge in [-0.3, -0.25) is 0 Å². The Morgan fingerprint density at radius 1 is 1.45 bits per heavy atom. The zero-order valence-electron chi connectivity index (χ0n) is 12.1. The highest BCUT2D eigenvalue weighted by atomic mass is 32.2. The van der Waals surface area contributed by atoms with E-state index in [1.54, 1.807) is 19.2 Å². The maximum absolute atomic E-state index is 12.7. The van der Waals surface area contributed by atoms with Crippen LogP contribution in [0.2, 0.25) is 0 Å². The minimum absolute atomic E-state index is 0.00179. The van der Waals surface area contributed by atoms with Crippen molar-refractivity contribution in [1.82, 2.24) is 9.29 Å². The fourth-order valence-corrected chi connectivity index (χ4v) is 4.21. The predicted molar refractivity (Wildman–Crippen MR) is 78.5 cm³/mol. The number of nitrogen functional groups attached to an aromatic ring is 1. The molecule has 1 saturated heterocycles. The molecule has 2 heterocycles. The standard InChI is InChI=1S/C13H22N4O2S/c1-9-6-10(12(15)16-7-9)20(18,19)17-5-4-11(14)13(2,3)8-17/h6-7,11H,4-5,8,14H2,1-3H3,(H2,15,16). The largest absolute Gasteiger partial charge is 0.383 e. The van der Waals surface area contributed by atoms with Gasteiger partial charge in [-0.2, -0.15) is 4.31 Å². The normalized spacial score (nSPS) is 23.7. The van der Waals surface area contributed by atoms with Gasteiger partial charge in [-0.1, -0.05) is 13.8 Å². The monoisotopic (exact) mass is 298 g/mol. The van der Waals surface area contributed by atoms with Gasteiger partial charge < -0.3 is 11.5 Å². The second kappa shape index (κ2) is 4.98. The van der Waals surface area contributed by atoms with Crippen LogP contribution in [0, 0.1) is 12.3 Å². The van der Waals surface area contributed by atoms with Crippen LogP contribution < -0.4 is 11.5 Å². The Labute approximate surface area is 120 Å². The van der Waals surface area contributed by atoms with Crippen LogP contribution in [0.3, 0.4) is 0 Å². The molecule has 4 N–H and O–H groups in total. The quantitative estimate of drug-likeness (QED) is 0.837. The van der Waals surface area contributed by atoms with Gasteiger partial charge in [-0.05, 0) is 30.4 Å². The fourth-order valence-electron chi connectivity index (χ4n) is 2.43. The summed E-state index contributed by atoms with van der Waals surface area (Å²) in [5.41, 5.74) is 12.3. The maximum atomic E-state index is 12.7. The molecule has 112 valence electrons. The fraction of sp³-hybridized carbons (Fsp3) is 0.615. The lowest BCUT2D eigenvalue weighted by molar-refractivity contribution is 0.155. The molecule has 0 bridgehead atoms. The third-order valence-electron chi connectivity index (χ3n) is 3.91. The summed E-state index contributed by atoms with van der Waals surface area (Å²) in [5, 5.41) is 0. The van der Waals surface area contributed by atoms with Crippen LogP contribution in [0.1, 0.15) is 25.8 Å². The van der Waals surface area contributed by atoms with Crippen molar-refractivity contribution in [1.29, 1.82) is 0 Å². The Morgan fingerprint density at radius 3 is 2.70 bits per heavy atom. The summed E-state index contributed by atoms with van der Waals surface area (Å²) in [6.45, 7) is 6.57. The highest BCUT2D eigenvalue weighted by Gasteiger charge is 2.39.